The predicted octanol–water partition coefficient (Wildman–Crippen LogP) is 1.99. The number of aliphatic carboxylic acids is 1. The molecule has 0 spiro atoms. The number of rotatable bonds is 8. The summed E-state index contributed by atoms with van der Waals surface area (Å²) >= 11 is 1.16. The van der Waals surface area contributed by atoms with Crippen molar-refractivity contribution in [1.29, 1.82) is 0 Å². The molecule has 17 heavy (non-hydrogen) atoms. The van der Waals surface area contributed by atoms with E-state index in [4.69, 9.17) is 5.11 Å². The van der Waals surface area contributed by atoms with Crippen LogP contribution in [-0.4, -0.2) is 37.0 Å². The zero-order valence-electron chi connectivity index (χ0n) is 10.2. The van der Waals surface area contributed by atoms with E-state index in [0.29, 0.717) is 5.16 Å². The number of carboxylic acid groups (broad SMARTS) is 1. The molecule has 1 atom stereocenters. The standard InChI is InChI=1S/C10H18N4O2S/c1-3-4-5-6-8(2)14-10(11-12-13-14)17-7-9(15)16/h8H,3-7H2,1-2H3,(H,15,16). The number of nitrogens with zero attached hydrogens (tertiary/aromatic N) is 4. The summed E-state index contributed by atoms with van der Waals surface area (Å²) in [6.45, 7) is 4.21. The van der Waals surface area contributed by atoms with Crippen LogP contribution < -0.4 is 0 Å². The van der Waals surface area contributed by atoms with Crippen LogP contribution in [0.5, 0.6) is 0 Å². The van der Waals surface area contributed by atoms with E-state index in [1.807, 2.05) is 0 Å². The third-order valence-corrected chi connectivity index (χ3v) is 3.35. The van der Waals surface area contributed by atoms with Crippen molar-refractivity contribution in [3.05, 3.63) is 0 Å². The molecule has 1 heterocycles. The lowest BCUT2D eigenvalue weighted by Gasteiger charge is -2.12. The lowest BCUT2D eigenvalue weighted by molar-refractivity contribution is -0.133. The highest BCUT2D eigenvalue weighted by Gasteiger charge is 2.14. The fraction of sp³-hybridized carbons (Fsp3) is 0.800. The zero-order chi connectivity index (χ0) is 12.7. The minimum atomic E-state index is -0.858. The summed E-state index contributed by atoms with van der Waals surface area (Å²) in [6, 6.07) is 0.216. The minimum Gasteiger partial charge on any atom is -0.481 e. The molecule has 0 aromatic carbocycles. The Balaban J connectivity index is 2.51. The largest absolute Gasteiger partial charge is 0.481 e. The molecule has 0 saturated heterocycles. The van der Waals surface area contributed by atoms with Gasteiger partial charge < -0.3 is 5.11 Å². The van der Waals surface area contributed by atoms with E-state index in [-0.39, 0.29) is 11.8 Å². The van der Waals surface area contributed by atoms with Gasteiger partial charge >= 0.3 is 5.97 Å². The Bertz CT molecular complexity index is 356. The monoisotopic (exact) mass is 258 g/mol. The summed E-state index contributed by atoms with van der Waals surface area (Å²) in [5.41, 5.74) is 0. The highest BCUT2D eigenvalue weighted by molar-refractivity contribution is 7.99. The zero-order valence-corrected chi connectivity index (χ0v) is 11.0. The maximum Gasteiger partial charge on any atom is 0.313 e. The molecule has 1 rings (SSSR count). The van der Waals surface area contributed by atoms with Crippen molar-refractivity contribution >= 4 is 17.7 Å². The SMILES string of the molecule is CCCCCC(C)n1nnnc1SCC(=O)O. The first kappa shape index (κ1) is 14.0. The first-order valence-corrected chi connectivity index (χ1v) is 6.76. The molecule has 96 valence electrons. The number of carboxylic acids is 1. The Kier molecular flexibility index (Phi) is 5.96. The fourth-order valence-corrected chi connectivity index (χ4v) is 2.19. The van der Waals surface area contributed by atoms with Crippen molar-refractivity contribution in [3.8, 4) is 0 Å². The number of tetrazole rings is 1. The number of carbonyl (C=O) groups is 1. The Morgan fingerprint density at radius 3 is 2.94 bits per heavy atom. The van der Waals surface area contributed by atoms with Crippen LogP contribution in [0.25, 0.3) is 0 Å². The predicted molar refractivity (Wildman–Crippen MR) is 65.0 cm³/mol. The van der Waals surface area contributed by atoms with Gasteiger partial charge in [-0.25, -0.2) is 4.68 Å². The molecule has 1 aromatic rings. The minimum absolute atomic E-state index is 0.0119. The van der Waals surface area contributed by atoms with Gasteiger partial charge in [0, 0.05) is 0 Å². The molecule has 6 nitrogen and oxygen atoms in total. The normalized spacial score (nSPS) is 12.6. The molecule has 0 radical (unpaired) electrons. The summed E-state index contributed by atoms with van der Waals surface area (Å²) in [5.74, 6) is -0.870. The summed E-state index contributed by atoms with van der Waals surface area (Å²) in [6.07, 6.45) is 4.53. The molecule has 0 aliphatic rings. The summed E-state index contributed by atoms with van der Waals surface area (Å²) in [5, 5.41) is 20.5. The molecule has 1 unspecified atom stereocenters. The molecule has 7 heteroatoms. The lowest BCUT2D eigenvalue weighted by atomic mass is 10.1. The highest BCUT2D eigenvalue weighted by atomic mass is 32.2. The molecule has 1 aromatic heterocycles. The molecule has 0 saturated carbocycles. The van der Waals surface area contributed by atoms with Crippen LogP contribution in [0.15, 0.2) is 5.16 Å². The van der Waals surface area contributed by atoms with Crippen LogP contribution in [0.2, 0.25) is 0 Å². The highest BCUT2D eigenvalue weighted by Crippen LogP contribution is 2.21. The van der Waals surface area contributed by atoms with Gasteiger partial charge in [-0.1, -0.05) is 37.9 Å². The number of thioether (sulfide) groups is 1. The smallest absolute Gasteiger partial charge is 0.313 e. The van der Waals surface area contributed by atoms with Gasteiger partial charge in [-0.15, -0.1) is 5.10 Å². The van der Waals surface area contributed by atoms with E-state index in [2.05, 4.69) is 29.4 Å². The van der Waals surface area contributed by atoms with Gasteiger partial charge in [0.2, 0.25) is 5.16 Å². The maximum atomic E-state index is 10.5. The van der Waals surface area contributed by atoms with Gasteiger partial charge in [-0.05, 0) is 23.8 Å². The molecule has 0 bridgehead atoms. The first-order valence-electron chi connectivity index (χ1n) is 5.77. The van der Waals surface area contributed by atoms with Crippen molar-refractivity contribution in [2.24, 2.45) is 0 Å². The fourth-order valence-electron chi connectivity index (χ4n) is 1.50. The quantitative estimate of drug-likeness (QED) is 0.567. The van der Waals surface area contributed by atoms with E-state index >= 15 is 0 Å². The second-order valence-electron chi connectivity index (χ2n) is 3.93. The van der Waals surface area contributed by atoms with Gasteiger partial charge in [0.25, 0.3) is 0 Å². The summed E-state index contributed by atoms with van der Waals surface area (Å²) in [4.78, 5) is 10.5. The molecule has 0 aliphatic heterocycles. The van der Waals surface area contributed by atoms with Crippen LogP contribution >= 0.6 is 11.8 Å². The molecule has 0 amide bonds. The van der Waals surface area contributed by atoms with Crippen molar-refractivity contribution < 1.29 is 9.90 Å². The average molecular weight is 258 g/mol. The number of hydrogen-bond acceptors (Lipinski definition) is 5. The molecular weight excluding hydrogens is 240 g/mol. The van der Waals surface area contributed by atoms with E-state index in [1.54, 1.807) is 4.68 Å². The Morgan fingerprint density at radius 2 is 2.29 bits per heavy atom. The average Bonchev–Trinajstić information content (AvgIpc) is 2.74. The second kappa shape index (κ2) is 7.26. The first-order chi connectivity index (χ1) is 8.15. The van der Waals surface area contributed by atoms with Crippen molar-refractivity contribution in [1.82, 2.24) is 20.2 Å². The summed E-state index contributed by atoms with van der Waals surface area (Å²) < 4.78 is 1.71. The van der Waals surface area contributed by atoms with Crippen molar-refractivity contribution in [3.63, 3.8) is 0 Å². The van der Waals surface area contributed by atoms with Crippen molar-refractivity contribution in [2.45, 2.75) is 50.7 Å². The van der Waals surface area contributed by atoms with E-state index in [9.17, 15) is 4.79 Å². The van der Waals surface area contributed by atoms with Crippen LogP contribution in [0.1, 0.15) is 45.6 Å². The second-order valence-corrected chi connectivity index (χ2v) is 4.88. The van der Waals surface area contributed by atoms with Gasteiger partial charge in [0.15, 0.2) is 0 Å². The molecule has 1 N–H and O–H groups in total. The molecule has 0 fully saturated rings. The van der Waals surface area contributed by atoms with Crippen LogP contribution in [0.4, 0.5) is 0 Å². The van der Waals surface area contributed by atoms with Gasteiger partial charge in [-0.3, -0.25) is 4.79 Å². The van der Waals surface area contributed by atoms with E-state index < -0.39 is 5.97 Å². The Morgan fingerprint density at radius 1 is 1.53 bits per heavy atom. The summed E-state index contributed by atoms with van der Waals surface area (Å²) in [7, 11) is 0. The van der Waals surface area contributed by atoms with Gasteiger partial charge in [-0.2, -0.15) is 0 Å². The number of unbranched alkanes of at least 4 members (excludes halogenated alkanes) is 2. The van der Waals surface area contributed by atoms with E-state index in [1.165, 1.54) is 12.8 Å². The van der Waals surface area contributed by atoms with Crippen LogP contribution in [0.3, 0.4) is 0 Å². The third-order valence-electron chi connectivity index (χ3n) is 2.43. The van der Waals surface area contributed by atoms with Crippen molar-refractivity contribution in [2.75, 3.05) is 5.75 Å². The van der Waals surface area contributed by atoms with Gasteiger partial charge in [0.05, 0.1) is 11.8 Å². The molecule has 0 aliphatic carbocycles. The van der Waals surface area contributed by atoms with E-state index in [0.717, 1.165) is 24.6 Å². The number of hydrogen-bond donors (Lipinski definition) is 1. The van der Waals surface area contributed by atoms with Crippen LogP contribution in [-0.2, 0) is 4.79 Å². The third kappa shape index (κ3) is 4.72. The topological polar surface area (TPSA) is 80.9 Å². The van der Waals surface area contributed by atoms with Crippen LogP contribution in [0, 0.1) is 0 Å². The Labute approximate surface area is 105 Å². The Hall–Kier alpha value is -1.11. The lowest BCUT2D eigenvalue weighted by Crippen LogP contribution is -2.10. The molecular formula is C10H18N4O2S. The van der Waals surface area contributed by atoms with Gasteiger partial charge in [0.1, 0.15) is 0 Å². The maximum absolute atomic E-state index is 10.5. The number of aromatic nitrogens is 4.